The second kappa shape index (κ2) is 3.73. The smallest absolute Gasteiger partial charge is 0.258 e. The first-order valence-electron chi connectivity index (χ1n) is 4.85. The summed E-state index contributed by atoms with van der Waals surface area (Å²) in [5.41, 5.74) is 0. The van der Waals surface area contributed by atoms with Gasteiger partial charge in [0.25, 0.3) is 5.88 Å². The van der Waals surface area contributed by atoms with Gasteiger partial charge >= 0.3 is 0 Å². The summed E-state index contributed by atoms with van der Waals surface area (Å²) >= 11 is 0. The first-order valence-corrected chi connectivity index (χ1v) is 4.85. The molecule has 6 nitrogen and oxygen atoms in total. The summed E-state index contributed by atoms with van der Waals surface area (Å²) in [7, 11) is 0. The van der Waals surface area contributed by atoms with Gasteiger partial charge in [-0.25, -0.2) is 0 Å². The van der Waals surface area contributed by atoms with Gasteiger partial charge in [-0.15, -0.1) is 5.10 Å². The molecule has 0 spiro atoms. The van der Waals surface area contributed by atoms with E-state index in [9.17, 15) is 0 Å². The second-order valence-corrected chi connectivity index (χ2v) is 3.22. The van der Waals surface area contributed by atoms with E-state index in [1.54, 1.807) is 12.1 Å². The summed E-state index contributed by atoms with van der Waals surface area (Å²) in [5.74, 6) is 2.47. The molecule has 0 amide bonds. The topological polar surface area (TPSA) is 69.3 Å². The van der Waals surface area contributed by atoms with Crippen LogP contribution in [0.3, 0.4) is 0 Å². The lowest BCUT2D eigenvalue weighted by molar-refractivity contribution is 0.171. The lowest BCUT2D eigenvalue weighted by Gasteiger charge is -2.18. The first kappa shape index (κ1) is 9.02. The molecule has 2 heterocycles. The normalized spacial score (nSPS) is 13.5. The van der Waals surface area contributed by atoms with Crippen molar-refractivity contribution in [3.8, 4) is 23.1 Å². The molecule has 82 valence electrons. The SMILES string of the molecule is c1cc2c(cc1Oc1cn[nH]n1)OCCO2. The molecule has 1 N–H and O–H groups in total. The molecule has 0 bridgehead atoms. The third-order valence-electron chi connectivity index (χ3n) is 2.13. The summed E-state index contributed by atoms with van der Waals surface area (Å²) < 4.78 is 16.3. The number of benzene rings is 1. The van der Waals surface area contributed by atoms with Crippen molar-refractivity contribution in [1.82, 2.24) is 15.4 Å². The maximum atomic E-state index is 5.44. The highest BCUT2D eigenvalue weighted by Crippen LogP contribution is 2.34. The van der Waals surface area contributed by atoms with Crippen LogP contribution in [0.15, 0.2) is 24.4 Å². The Labute approximate surface area is 91.1 Å². The lowest BCUT2D eigenvalue weighted by Crippen LogP contribution is -2.15. The summed E-state index contributed by atoms with van der Waals surface area (Å²) in [6, 6.07) is 5.37. The van der Waals surface area contributed by atoms with Crippen molar-refractivity contribution in [3.63, 3.8) is 0 Å². The molecule has 0 fully saturated rings. The standard InChI is InChI=1S/C10H9N3O3/c1-2-8-9(15-4-3-14-8)5-7(1)16-10-6-11-13-12-10/h1-2,5-6H,3-4H2,(H,11,12,13). The van der Waals surface area contributed by atoms with Crippen LogP contribution < -0.4 is 14.2 Å². The van der Waals surface area contributed by atoms with Crippen LogP contribution in [0.1, 0.15) is 0 Å². The van der Waals surface area contributed by atoms with Crippen LogP contribution in [0.2, 0.25) is 0 Å². The van der Waals surface area contributed by atoms with Gasteiger partial charge in [-0.3, -0.25) is 0 Å². The number of fused-ring (bicyclic) bond motifs is 1. The van der Waals surface area contributed by atoms with Crippen molar-refractivity contribution in [1.29, 1.82) is 0 Å². The molecule has 0 unspecified atom stereocenters. The van der Waals surface area contributed by atoms with E-state index < -0.39 is 0 Å². The van der Waals surface area contributed by atoms with E-state index in [-0.39, 0.29) is 0 Å². The van der Waals surface area contributed by atoms with Gasteiger partial charge in [0.1, 0.15) is 25.2 Å². The largest absolute Gasteiger partial charge is 0.486 e. The quantitative estimate of drug-likeness (QED) is 0.826. The van der Waals surface area contributed by atoms with E-state index in [2.05, 4.69) is 15.4 Å². The highest BCUT2D eigenvalue weighted by atomic mass is 16.6. The molecule has 0 aliphatic carbocycles. The Kier molecular flexibility index (Phi) is 2.10. The van der Waals surface area contributed by atoms with E-state index in [1.807, 2.05) is 6.07 Å². The third kappa shape index (κ3) is 1.65. The number of aromatic nitrogens is 3. The molecular formula is C10H9N3O3. The van der Waals surface area contributed by atoms with E-state index in [0.717, 1.165) is 5.75 Å². The van der Waals surface area contributed by atoms with Crippen LogP contribution in [0.4, 0.5) is 0 Å². The van der Waals surface area contributed by atoms with Crippen molar-refractivity contribution in [2.45, 2.75) is 0 Å². The molecule has 0 radical (unpaired) electrons. The predicted octanol–water partition coefficient (Wildman–Crippen LogP) is 1.37. The van der Waals surface area contributed by atoms with Crippen molar-refractivity contribution in [2.24, 2.45) is 0 Å². The van der Waals surface area contributed by atoms with Gasteiger partial charge in [0.2, 0.25) is 0 Å². The number of H-pyrrole nitrogens is 1. The Morgan fingerprint density at radius 1 is 1.19 bits per heavy atom. The van der Waals surface area contributed by atoms with E-state index >= 15 is 0 Å². The molecule has 1 aromatic heterocycles. The number of nitrogens with zero attached hydrogens (tertiary/aromatic N) is 2. The van der Waals surface area contributed by atoms with Crippen LogP contribution in [0, 0.1) is 0 Å². The number of ether oxygens (including phenoxy) is 3. The fourth-order valence-corrected chi connectivity index (χ4v) is 1.45. The number of hydrogen-bond donors (Lipinski definition) is 1. The van der Waals surface area contributed by atoms with Gasteiger partial charge in [-0.2, -0.15) is 10.3 Å². The molecule has 6 heteroatoms. The Morgan fingerprint density at radius 3 is 2.88 bits per heavy atom. The average Bonchev–Trinajstić information content (AvgIpc) is 2.82. The van der Waals surface area contributed by atoms with E-state index in [4.69, 9.17) is 14.2 Å². The summed E-state index contributed by atoms with van der Waals surface area (Å²) in [6.45, 7) is 1.14. The molecular weight excluding hydrogens is 210 g/mol. The van der Waals surface area contributed by atoms with Gasteiger partial charge in [0.15, 0.2) is 11.5 Å². The van der Waals surface area contributed by atoms with Crippen molar-refractivity contribution in [2.75, 3.05) is 13.2 Å². The summed E-state index contributed by atoms with van der Waals surface area (Å²) in [6.07, 6.45) is 1.50. The molecule has 0 atom stereocenters. The highest BCUT2D eigenvalue weighted by molar-refractivity contribution is 5.46. The minimum atomic E-state index is 0.414. The highest BCUT2D eigenvalue weighted by Gasteiger charge is 2.12. The molecule has 1 aliphatic heterocycles. The maximum absolute atomic E-state index is 5.44. The minimum absolute atomic E-state index is 0.414. The Balaban J connectivity index is 1.86. The predicted molar refractivity (Wildman–Crippen MR) is 53.9 cm³/mol. The number of rotatable bonds is 2. The molecule has 2 aromatic rings. The average molecular weight is 219 g/mol. The van der Waals surface area contributed by atoms with E-state index in [0.29, 0.717) is 30.6 Å². The Morgan fingerprint density at radius 2 is 2.06 bits per heavy atom. The zero-order chi connectivity index (χ0) is 10.8. The van der Waals surface area contributed by atoms with Gasteiger partial charge in [0, 0.05) is 6.07 Å². The fraction of sp³-hybridized carbons (Fsp3) is 0.200. The monoisotopic (exact) mass is 219 g/mol. The van der Waals surface area contributed by atoms with Crippen LogP contribution >= 0.6 is 0 Å². The molecule has 1 aromatic carbocycles. The third-order valence-corrected chi connectivity index (χ3v) is 2.13. The first-order chi connectivity index (χ1) is 7.92. The molecule has 0 saturated carbocycles. The van der Waals surface area contributed by atoms with Crippen molar-refractivity contribution < 1.29 is 14.2 Å². The number of aromatic amines is 1. The molecule has 3 rings (SSSR count). The number of nitrogens with one attached hydrogen (secondary N) is 1. The Hall–Kier alpha value is -2.24. The Bertz CT molecular complexity index is 484. The molecule has 1 aliphatic rings. The van der Waals surface area contributed by atoms with Gasteiger partial charge in [0.05, 0.1) is 0 Å². The van der Waals surface area contributed by atoms with Gasteiger partial charge < -0.3 is 14.2 Å². The van der Waals surface area contributed by atoms with Gasteiger partial charge in [-0.1, -0.05) is 0 Å². The van der Waals surface area contributed by atoms with E-state index in [1.165, 1.54) is 6.20 Å². The van der Waals surface area contributed by atoms with Crippen LogP contribution in [0.25, 0.3) is 0 Å². The van der Waals surface area contributed by atoms with Crippen LogP contribution in [0.5, 0.6) is 23.1 Å². The molecule has 16 heavy (non-hydrogen) atoms. The zero-order valence-electron chi connectivity index (χ0n) is 8.34. The van der Waals surface area contributed by atoms with Crippen LogP contribution in [-0.2, 0) is 0 Å². The number of hydrogen-bond acceptors (Lipinski definition) is 5. The van der Waals surface area contributed by atoms with Crippen molar-refractivity contribution >= 4 is 0 Å². The zero-order valence-corrected chi connectivity index (χ0v) is 8.34. The lowest BCUT2D eigenvalue weighted by atomic mass is 10.3. The minimum Gasteiger partial charge on any atom is -0.486 e. The maximum Gasteiger partial charge on any atom is 0.258 e. The van der Waals surface area contributed by atoms with Gasteiger partial charge in [-0.05, 0) is 12.1 Å². The molecule has 0 saturated heterocycles. The second-order valence-electron chi connectivity index (χ2n) is 3.22. The summed E-state index contributed by atoms with van der Waals surface area (Å²) in [5, 5.41) is 9.91. The summed E-state index contributed by atoms with van der Waals surface area (Å²) in [4.78, 5) is 0. The van der Waals surface area contributed by atoms with Crippen LogP contribution in [-0.4, -0.2) is 28.6 Å². The van der Waals surface area contributed by atoms with Crippen molar-refractivity contribution in [3.05, 3.63) is 24.4 Å². The fourth-order valence-electron chi connectivity index (χ4n) is 1.45.